The molecule has 0 spiro atoms. The number of rotatable bonds is 6. The standard InChI is InChI=1S/C18H21.ClH.Sn/c1-2-9-18(14-16-10-5-3-6-11-16)15-17-12-7-4-8-13-17;;/h3-8,10-13H,2,9,14-15H2,1H3;1H;. The van der Waals surface area contributed by atoms with Crippen molar-refractivity contribution in [3.8, 4) is 0 Å². The average molecular weight is 393 g/mol. The topological polar surface area (TPSA) is 0 Å². The van der Waals surface area contributed by atoms with Crippen LogP contribution in [0, 0.1) is 0 Å². The van der Waals surface area contributed by atoms with E-state index >= 15 is 0 Å². The van der Waals surface area contributed by atoms with Gasteiger partial charge in [-0.25, -0.2) is 0 Å². The Balaban J connectivity index is 0.00000200. The van der Waals surface area contributed by atoms with Gasteiger partial charge in [-0.05, 0) is 0 Å². The largest absolute Gasteiger partial charge is 0.147 e. The zero-order chi connectivity index (χ0) is 13.6. The van der Waals surface area contributed by atoms with Crippen molar-refractivity contribution in [1.82, 2.24) is 0 Å². The molecule has 0 unspecified atom stereocenters. The molecule has 2 aromatic carbocycles. The smallest absolute Gasteiger partial charge is 0.147 e. The molecule has 0 nitrogen and oxygen atoms in total. The molecule has 0 aromatic heterocycles. The second-order valence-corrected chi connectivity index (χ2v) is 8.38. The fraction of sp³-hybridized carbons (Fsp3) is 0.333. The maximum atomic E-state index is 2.30. The van der Waals surface area contributed by atoms with Crippen LogP contribution in [0.3, 0.4) is 0 Å². The van der Waals surface area contributed by atoms with Gasteiger partial charge >= 0.3 is 130 Å². The zero-order valence-electron chi connectivity index (χ0n) is 12.0. The fourth-order valence-corrected chi connectivity index (χ4v) is 4.57. The molecule has 0 aliphatic rings. The van der Waals surface area contributed by atoms with Gasteiger partial charge in [0.2, 0.25) is 0 Å². The van der Waals surface area contributed by atoms with E-state index in [1.165, 1.54) is 36.8 Å². The van der Waals surface area contributed by atoms with Crippen LogP contribution in [0.1, 0.15) is 30.9 Å². The second-order valence-electron chi connectivity index (χ2n) is 5.36. The SMILES string of the molecule is CCC[C]([Sn])(Cc1ccccc1)Cc1ccccc1.Cl. The predicted molar refractivity (Wildman–Crippen MR) is 90.9 cm³/mol. The summed E-state index contributed by atoms with van der Waals surface area (Å²) in [6.45, 7) is 2.30. The van der Waals surface area contributed by atoms with Gasteiger partial charge in [0.1, 0.15) is 0 Å². The van der Waals surface area contributed by atoms with Crippen LogP contribution in [-0.4, -0.2) is 22.5 Å². The minimum absolute atomic E-state index is 0. The van der Waals surface area contributed by atoms with Crippen LogP contribution in [0.5, 0.6) is 0 Å². The molecular formula is C18H22ClSn. The molecule has 2 rings (SSSR count). The van der Waals surface area contributed by atoms with E-state index in [2.05, 4.69) is 67.6 Å². The van der Waals surface area contributed by atoms with Crippen molar-refractivity contribution in [2.75, 3.05) is 0 Å². The van der Waals surface area contributed by atoms with Crippen molar-refractivity contribution >= 4 is 34.9 Å². The molecule has 0 atom stereocenters. The first-order chi connectivity index (χ1) is 9.22. The molecule has 0 aliphatic heterocycles. The van der Waals surface area contributed by atoms with Gasteiger partial charge in [-0.3, -0.25) is 0 Å². The number of benzene rings is 2. The van der Waals surface area contributed by atoms with Crippen molar-refractivity contribution in [3.05, 3.63) is 71.8 Å². The first kappa shape index (κ1) is 17.6. The van der Waals surface area contributed by atoms with E-state index in [0.29, 0.717) is 3.43 Å². The third-order valence-electron chi connectivity index (χ3n) is 3.50. The Morgan fingerprint density at radius 1 is 0.800 bits per heavy atom. The van der Waals surface area contributed by atoms with E-state index in [1.54, 1.807) is 22.5 Å². The summed E-state index contributed by atoms with van der Waals surface area (Å²) < 4.78 is 0.449. The van der Waals surface area contributed by atoms with Crippen molar-refractivity contribution in [1.29, 1.82) is 0 Å². The third kappa shape index (κ3) is 5.49. The Morgan fingerprint density at radius 2 is 1.20 bits per heavy atom. The molecule has 0 bridgehead atoms. The Morgan fingerprint density at radius 3 is 1.55 bits per heavy atom. The number of hydrogen-bond donors (Lipinski definition) is 0. The summed E-state index contributed by atoms with van der Waals surface area (Å²) in [5, 5.41) is 0. The predicted octanol–water partition coefficient (Wildman–Crippen LogP) is 5.02. The van der Waals surface area contributed by atoms with E-state index in [-0.39, 0.29) is 12.4 Å². The summed E-state index contributed by atoms with van der Waals surface area (Å²) in [6.07, 6.45) is 4.99. The summed E-state index contributed by atoms with van der Waals surface area (Å²) in [6, 6.07) is 21.9. The first-order valence-electron chi connectivity index (χ1n) is 7.05. The van der Waals surface area contributed by atoms with Crippen LogP contribution in [0.15, 0.2) is 60.7 Å². The first-order valence-corrected chi connectivity index (χ1v) is 8.47. The van der Waals surface area contributed by atoms with Crippen molar-refractivity contribution < 1.29 is 0 Å². The van der Waals surface area contributed by atoms with E-state index in [9.17, 15) is 0 Å². The van der Waals surface area contributed by atoms with Crippen LogP contribution in [0.2, 0.25) is 3.43 Å². The van der Waals surface area contributed by atoms with E-state index in [0.717, 1.165) is 0 Å². The minimum Gasteiger partial charge on any atom is -0.147 e. The van der Waals surface area contributed by atoms with E-state index in [4.69, 9.17) is 0 Å². The van der Waals surface area contributed by atoms with Gasteiger partial charge in [0.25, 0.3) is 0 Å². The molecule has 2 aromatic rings. The molecule has 0 N–H and O–H groups in total. The summed E-state index contributed by atoms with van der Waals surface area (Å²) in [7, 11) is 0. The fourth-order valence-electron chi connectivity index (χ4n) is 2.69. The van der Waals surface area contributed by atoms with Crippen LogP contribution < -0.4 is 0 Å². The normalized spacial score (nSPS) is 10.9. The Kier molecular flexibility index (Phi) is 7.68. The molecule has 20 heavy (non-hydrogen) atoms. The molecule has 0 saturated carbocycles. The average Bonchev–Trinajstić information content (AvgIpc) is 2.41. The summed E-state index contributed by atoms with van der Waals surface area (Å²) >= 11 is 1.66. The third-order valence-corrected chi connectivity index (χ3v) is 5.22. The molecule has 0 fully saturated rings. The van der Waals surface area contributed by atoms with Gasteiger partial charge in [0.05, 0.1) is 0 Å². The van der Waals surface area contributed by atoms with Crippen LogP contribution in [0.4, 0.5) is 0 Å². The second kappa shape index (κ2) is 8.74. The molecule has 0 saturated heterocycles. The van der Waals surface area contributed by atoms with E-state index in [1.807, 2.05) is 0 Å². The maximum Gasteiger partial charge on any atom is -0.147 e. The van der Waals surface area contributed by atoms with E-state index < -0.39 is 0 Å². The van der Waals surface area contributed by atoms with Crippen molar-refractivity contribution in [3.63, 3.8) is 0 Å². The van der Waals surface area contributed by atoms with Crippen molar-refractivity contribution in [2.45, 2.75) is 36.0 Å². The zero-order valence-corrected chi connectivity index (χ0v) is 15.7. The molecule has 2 heteroatoms. The molecule has 0 amide bonds. The Hall–Kier alpha value is -0.471. The molecule has 3 radical (unpaired) electrons. The summed E-state index contributed by atoms with van der Waals surface area (Å²) in [5.41, 5.74) is 2.95. The number of hydrogen-bond acceptors (Lipinski definition) is 0. The molecular weight excluding hydrogens is 370 g/mol. The quantitative estimate of drug-likeness (QED) is 0.606. The molecule has 0 aliphatic carbocycles. The summed E-state index contributed by atoms with van der Waals surface area (Å²) in [5.74, 6) is 0. The van der Waals surface area contributed by atoms with Gasteiger partial charge in [0, 0.05) is 0 Å². The maximum absolute atomic E-state index is 2.30. The Bertz CT molecular complexity index is 440. The van der Waals surface area contributed by atoms with Gasteiger partial charge in [0.15, 0.2) is 0 Å². The van der Waals surface area contributed by atoms with Crippen LogP contribution in [0.25, 0.3) is 0 Å². The number of halogens is 1. The Labute approximate surface area is 142 Å². The molecule has 105 valence electrons. The van der Waals surface area contributed by atoms with Gasteiger partial charge in [-0.1, -0.05) is 0 Å². The van der Waals surface area contributed by atoms with Crippen molar-refractivity contribution in [2.24, 2.45) is 0 Å². The summed E-state index contributed by atoms with van der Waals surface area (Å²) in [4.78, 5) is 0. The van der Waals surface area contributed by atoms with Crippen LogP contribution in [-0.2, 0) is 12.8 Å². The van der Waals surface area contributed by atoms with Gasteiger partial charge < -0.3 is 0 Å². The molecule has 0 heterocycles. The minimum atomic E-state index is 0. The monoisotopic (exact) mass is 393 g/mol. The van der Waals surface area contributed by atoms with Gasteiger partial charge in [-0.15, -0.1) is 12.4 Å². The van der Waals surface area contributed by atoms with Gasteiger partial charge in [-0.2, -0.15) is 0 Å². The van der Waals surface area contributed by atoms with Crippen LogP contribution >= 0.6 is 12.4 Å².